The van der Waals surface area contributed by atoms with Crippen LogP contribution in [0.15, 0.2) is 60.7 Å². The van der Waals surface area contributed by atoms with Gasteiger partial charge in [-0.2, -0.15) is 0 Å². The first-order chi connectivity index (χ1) is 17.8. The van der Waals surface area contributed by atoms with Crippen molar-refractivity contribution in [1.82, 2.24) is 0 Å². The summed E-state index contributed by atoms with van der Waals surface area (Å²) >= 11 is 0. The van der Waals surface area contributed by atoms with Gasteiger partial charge >= 0.3 is 0 Å². The maximum atomic E-state index is 13.8. The number of halogens is 1. The van der Waals surface area contributed by atoms with Crippen molar-refractivity contribution in [3.63, 3.8) is 0 Å². The molecular weight excluding hydrogens is 471 g/mol. The van der Waals surface area contributed by atoms with E-state index >= 15 is 0 Å². The molecule has 6 nitrogen and oxygen atoms in total. The lowest BCUT2D eigenvalue weighted by Crippen LogP contribution is -2.33. The van der Waals surface area contributed by atoms with Crippen LogP contribution in [0.2, 0.25) is 0 Å². The van der Waals surface area contributed by atoms with Crippen molar-refractivity contribution in [2.24, 2.45) is 5.41 Å². The van der Waals surface area contributed by atoms with Crippen molar-refractivity contribution in [1.29, 1.82) is 0 Å². The van der Waals surface area contributed by atoms with Gasteiger partial charge in [-0.1, -0.05) is 24.3 Å². The molecule has 1 fully saturated rings. The number of nitrogens with zero attached hydrogens (tertiary/aromatic N) is 1. The minimum atomic E-state index is -0.495. The van der Waals surface area contributed by atoms with Crippen molar-refractivity contribution < 1.29 is 23.5 Å². The molecule has 1 heterocycles. The Hall–Kier alpha value is -4.00. The van der Waals surface area contributed by atoms with E-state index in [4.69, 9.17) is 4.74 Å². The van der Waals surface area contributed by atoms with Crippen LogP contribution in [-0.4, -0.2) is 31.3 Å². The maximum absolute atomic E-state index is 13.8. The Morgan fingerprint density at radius 3 is 2.59 bits per heavy atom. The fraction of sp³-hybridized carbons (Fsp3) is 0.300. The number of carbonyl (C=O) groups is 3. The van der Waals surface area contributed by atoms with E-state index in [1.165, 1.54) is 19.2 Å². The second-order valence-electron chi connectivity index (χ2n) is 10.1. The molecule has 1 unspecified atom stereocenters. The van der Waals surface area contributed by atoms with Gasteiger partial charge in [0.2, 0.25) is 0 Å². The van der Waals surface area contributed by atoms with Crippen LogP contribution < -0.4 is 15.0 Å². The number of rotatable bonds is 4. The number of amides is 2. The van der Waals surface area contributed by atoms with Gasteiger partial charge in [0.25, 0.3) is 11.8 Å². The number of nitrogens with one attached hydrogen (secondary N) is 1. The van der Waals surface area contributed by atoms with E-state index in [9.17, 15) is 18.8 Å². The van der Waals surface area contributed by atoms with Crippen LogP contribution in [0.3, 0.4) is 0 Å². The van der Waals surface area contributed by atoms with Crippen molar-refractivity contribution in [2.45, 2.75) is 39.0 Å². The van der Waals surface area contributed by atoms with E-state index in [1.807, 2.05) is 24.3 Å². The number of benzene rings is 3. The molecule has 1 saturated carbocycles. The summed E-state index contributed by atoms with van der Waals surface area (Å²) in [6.07, 6.45) is 3.57. The molecular formula is C30H29FN2O4. The fourth-order valence-corrected chi connectivity index (χ4v) is 5.57. The lowest BCUT2D eigenvalue weighted by molar-refractivity contribution is -0.118. The maximum Gasteiger partial charge on any atom is 0.258 e. The Morgan fingerprint density at radius 2 is 1.84 bits per heavy atom. The average molecular weight is 501 g/mol. The lowest BCUT2D eigenvalue weighted by atomic mass is 9.78. The van der Waals surface area contributed by atoms with E-state index in [0.717, 1.165) is 30.5 Å². The summed E-state index contributed by atoms with van der Waals surface area (Å²) in [5, 5.41) is 2.77. The predicted octanol–water partition coefficient (Wildman–Crippen LogP) is 5.73. The molecule has 7 heteroatoms. The number of hydrogen-bond donors (Lipinski definition) is 1. The van der Waals surface area contributed by atoms with E-state index in [2.05, 4.69) is 5.32 Å². The zero-order chi connectivity index (χ0) is 26.2. The molecule has 0 radical (unpaired) electrons. The number of methoxy groups -OCH3 is 1. The van der Waals surface area contributed by atoms with E-state index in [-0.39, 0.29) is 16.9 Å². The highest BCUT2D eigenvalue weighted by molar-refractivity contribution is 6.09. The predicted molar refractivity (Wildman–Crippen MR) is 140 cm³/mol. The van der Waals surface area contributed by atoms with Gasteiger partial charge in [-0.05, 0) is 79.1 Å². The summed E-state index contributed by atoms with van der Waals surface area (Å²) < 4.78 is 19.2. The molecule has 3 aromatic rings. The van der Waals surface area contributed by atoms with Gasteiger partial charge < -0.3 is 15.0 Å². The van der Waals surface area contributed by atoms with Gasteiger partial charge in [-0.3, -0.25) is 14.4 Å². The number of aryl methyl sites for hydroxylation is 1. The molecule has 1 atom stereocenters. The highest BCUT2D eigenvalue weighted by atomic mass is 19.1. The first-order valence-electron chi connectivity index (χ1n) is 12.5. The molecule has 0 saturated heterocycles. The Kier molecular flexibility index (Phi) is 6.54. The molecule has 1 aliphatic carbocycles. The smallest absolute Gasteiger partial charge is 0.258 e. The van der Waals surface area contributed by atoms with E-state index in [0.29, 0.717) is 47.7 Å². The number of anilines is 2. The van der Waals surface area contributed by atoms with Crippen molar-refractivity contribution in [2.75, 3.05) is 23.9 Å². The van der Waals surface area contributed by atoms with Crippen LogP contribution >= 0.6 is 0 Å². The van der Waals surface area contributed by atoms with Crippen molar-refractivity contribution >= 4 is 29.0 Å². The van der Waals surface area contributed by atoms with Crippen LogP contribution in [-0.2, 0) is 11.2 Å². The summed E-state index contributed by atoms with van der Waals surface area (Å²) in [6, 6.07) is 16.8. The standard InChI is InChI=1S/C30H29FN2O4/c1-19-7-9-22(31)16-24(19)28(35)32-25-10-8-20(15-27(25)37-2)29(36)33-14-13-30(12-11-23(34)18-30)17-21-5-3-4-6-26(21)33/h3-10,15-16H,11-14,17-18H2,1-2H3,(H,32,35). The minimum absolute atomic E-state index is 0.0942. The van der Waals surface area contributed by atoms with Crippen LogP contribution in [0.4, 0.5) is 15.8 Å². The molecule has 1 spiro atoms. The largest absolute Gasteiger partial charge is 0.495 e. The van der Waals surface area contributed by atoms with Gasteiger partial charge in [0.1, 0.15) is 17.3 Å². The third-order valence-corrected chi connectivity index (χ3v) is 7.61. The Bertz CT molecular complexity index is 1400. The van der Waals surface area contributed by atoms with Gasteiger partial charge in [-0.15, -0.1) is 0 Å². The number of Topliss-reactive ketones (excluding diaryl/α,β-unsaturated/α-hetero) is 1. The summed E-state index contributed by atoms with van der Waals surface area (Å²) in [4.78, 5) is 40.5. The van der Waals surface area contributed by atoms with Gasteiger partial charge in [0.05, 0.1) is 12.8 Å². The third-order valence-electron chi connectivity index (χ3n) is 7.61. The van der Waals surface area contributed by atoms with Crippen molar-refractivity contribution in [3.05, 3.63) is 88.7 Å². The van der Waals surface area contributed by atoms with Crippen LogP contribution in [0.5, 0.6) is 5.75 Å². The molecule has 190 valence electrons. The molecule has 2 aliphatic rings. The molecule has 2 amide bonds. The monoisotopic (exact) mass is 500 g/mol. The Labute approximate surface area is 215 Å². The van der Waals surface area contributed by atoms with Crippen LogP contribution in [0, 0.1) is 18.2 Å². The SMILES string of the molecule is COc1cc(C(=O)N2CCC3(CCC(=O)C3)Cc3ccccc32)ccc1NC(=O)c1cc(F)ccc1C. The van der Waals surface area contributed by atoms with Gasteiger partial charge in [0, 0.05) is 36.2 Å². The molecule has 0 aromatic heterocycles. The summed E-state index contributed by atoms with van der Waals surface area (Å²) in [5.41, 5.74) is 3.51. The zero-order valence-electron chi connectivity index (χ0n) is 21.0. The Morgan fingerprint density at radius 1 is 1.03 bits per heavy atom. The second kappa shape index (κ2) is 9.81. The number of fused-ring (bicyclic) bond motifs is 1. The number of carbonyl (C=O) groups excluding carboxylic acids is 3. The highest BCUT2D eigenvalue weighted by Crippen LogP contribution is 2.46. The highest BCUT2D eigenvalue weighted by Gasteiger charge is 2.41. The topological polar surface area (TPSA) is 75.7 Å². The summed E-state index contributed by atoms with van der Waals surface area (Å²) in [5.74, 6) is -0.509. The van der Waals surface area contributed by atoms with Crippen molar-refractivity contribution in [3.8, 4) is 5.75 Å². The average Bonchev–Trinajstić information content (AvgIpc) is 3.17. The number of hydrogen-bond acceptors (Lipinski definition) is 4. The van der Waals surface area contributed by atoms with E-state index < -0.39 is 11.7 Å². The molecule has 3 aromatic carbocycles. The minimum Gasteiger partial charge on any atom is -0.495 e. The lowest BCUT2D eigenvalue weighted by Gasteiger charge is -2.27. The number of ketones is 1. The second-order valence-corrected chi connectivity index (χ2v) is 10.1. The van der Waals surface area contributed by atoms with E-state index in [1.54, 1.807) is 36.1 Å². The van der Waals surface area contributed by atoms with Crippen LogP contribution in [0.1, 0.15) is 57.5 Å². The number of para-hydroxylation sites is 1. The zero-order valence-corrected chi connectivity index (χ0v) is 21.0. The van der Waals surface area contributed by atoms with Crippen LogP contribution in [0.25, 0.3) is 0 Å². The fourth-order valence-electron chi connectivity index (χ4n) is 5.57. The van der Waals surface area contributed by atoms with Gasteiger partial charge in [-0.25, -0.2) is 4.39 Å². The normalized spacial score (nSPS) is 18.9. The third kappa shape index (κ3) is 4.86. The first kappa shape index (κ1) is 24.7. The molecule has 0 bridgehead atoms. The van der Waals surface area contributed by atoms with Gasteiger partial charge in [0.15, 0.2) is 0 Å². The first-order valence-corrected chi connectivity index (χ1v) is 12.5. The number of ether oxygens (including phenoxy) is 1. The molecule has 37 heavy (non-hydrogen) atoms. The molecule has 1 N–H and O–H groups in total. The quantitative estimate of drug-likeness (QED) is 0.497. The Balaban J connectivity index is 1.42. The molecule has 1 aliphatic heterocycles. The summed E-state index contributed by atoms with van der Waals surface area (Å²) in [7, 11) is 1.47. The summed E-state index contributed by atoms with van der Waals surface area (Å²) in [6.45, 7) is 2.25. The molecule has 5 rings (SSSR count).